The van der Waals surface area contributed by atoms with E-state index in [1.54, 1.807) is 6.92 Å². The van der Waals surface area contributed by atoms with E-state index in [1.807, 2.05) is 0 Å². The molecule has 23 nitrogen and oxygen atoms in total. The van der Waals surface area contributed by atoms with Gasteiger partial charge in [0, 0.05) is 45.8 Å². The van der Waals surface area contributed by atoms with Crippen LogP contribution in [0.15, 0.2) is 102 Å². The second kappa shape index (κ2) is 24.6. The molecule has 2 amide bonds. The maximum Gasteiger partial charge on any atom is 1.00 e. The van der Waals surface area contributed by atoms with Gasteiger partial charge in [0.15, 0.2) is 5.71 Å². The van der Waals surface area contributed by atoms with Crippen LogP contribution in [0.3, 0.4) is 0 Å². The van der Waals surface area contributed by atoms with Crippen molar-refractivity contribution in [1.82, 2.24) is 0 Å². The van der Waals surface area contributed by atoms with Crippen LogP contribution in [-0.2, 0) is 62.3 Å². The normalized spacial score (nSPS) is 14.8. The van der Waals surface area contributed by atoms with E-state index in [1.165, 1.54) is 31.4 Å². The molecule has 0 saturated heterocycles. The van der Waals surface area contributed by atoms with Gasteiger partial charge < -0.3 is 31.3 Å². The quantitative estimate of drug-likeness (QED) is 0.0291. The Balaban J connectivity index is 0.00000462. The SMILES string of the molecule is COc1cc(NNc2cc(S(=O)(=O)O)cc3cc(S(=O)(=O)O)cc(O)c23)c(C)cc1NC(=O)Nc1ccc2c(c1)C=C(S(=O)(=O)O)/C(=N/N=C1\C=C(S(=O)(=O)O)C=C(Cl)C1=O)C2=O.[Cu].[Na+].[Na+].[Na+].[Na+]. The molecule has 68 heavy (non-hydrogen) atoms. The summed E-state index contributed by atoms with van der Waals surface area (Å²) in [6, 6.07) is 8.90. The topological polar surface area (TPSA) is 371 Å². The molecule has 0 aromatic heterocycles. The van der Waals surface area contributed by atoms with Crippen molar-refractivity contribution in [2.45, 2.75) is 16.7 Å². The van der Waals surface area contributed by atoms with Gasteiger partial charge in [-0.1, -0.05) is 11.6 Å². The number of allylic oxidation sites excluding steroid dienone is 4. The fourth-order valence-electron chi connectivity index (χ4n) is 5.93. The van der Waals surface area contributed by atoms with Gasteiger partial charge in [-0.25, -0.2) is 4.79 Å². The Bertz CT molecular complexity index is 3390. The molecule has 0 saturated carbocycles. The number of hydrazine groups is 1. The number of carbonyl (C=O) groups excluding carboxylic acids is 3. The second-order valence-corrected chi connectivity index (χ2v) is 19.1. The molecule has 6 rings (SSSR count). The Kier molecular flexibility index (Phi) is 23.1. The van der Waals surface area contributed by atoms with Crippen molar-refractivity contribution in [3.8, 4) is 11.5 Å². The van der Waals surface area contributed by atoms with Crippen molar-refractivity contribution in [2.75, 3.05) is 28.6 Å². The number of aryl methyl sites for hydroxylation is 1. The molecule has 0 heterocycles. The van der Waals surface area contributed by atoms with Crippen LogP contribution in [0.4, 0.5) is 27.5 Å². The van der Waals surface area contributed by atoms with Crippen molar-refractivity contribution in [3.63, 3.8) is 0 Å². The maximum atomic E-state index is 13.4. The standard InChI is InChI=1S/C35H27ClN6O17S4.Cu.4Na/c1-15-5-25(29(59-2)14-24(15)39-40-26-11-19(60(47,48)49)7-17-8-20(61(50,51)52)13-28(43)31(17)26)38-35(46)37-18-3-4-22-16(6-18)9-30(63(56,57)58)32(33(22)44)42-41-27-12-21(62(53,54)55)10-23(36)34(27)45;;;;;/h3-14,39-40,43H,1-2H3,(H2,37,38,46)(H,47,48,49)(H,50,51,52)(H,53,54,55)(H,56,57,58);;;;;/q;;4*+1/b41-27+,42-32-;;;;;. The summed E-state index contributed by atoms with van der Waals surface area (Å²) in [4.78, 5) is 35.7. The summed E-state index contributed by atoms with van der Waals surface area (Å²) in [7, 11) is -18.6. The van der Waals surface area contributed by atoms with Crippen LogP contribution in [-0.4, -0.2) is 93.1 Å². The number of amides is 2. The molecule has 2 aliphatic carbocycles. The zero-order chi connectivity index (χ0) is 46.6. The molecule has 0 unspecified atom stereocenters. The molecule has 4 aromatic rings. The number of ketones is 2. The number of rotatable bonds is 11. The third kappa shape index (κ3) is 14.8. The van der Waals surface area contributed by atoms with E-state index < -0.39 is 99.9 Å². The number of benzene rings is 4. The number of phenols is 1. The Labute approximate surface area is 490 Å². The number of phenolic OH excluding ortho intramolecular Hbond substituents is 1. The van der Waals surface area contributed by atoms with E-state index in [0.29, 0.717) is 17.7 Å². The predicted molar refractivity (Wildman–Crippen MR) is 227 cm³/mol. The second-order valence-electron chi connectivity index (χ2n) is 13.0. The van der Waals surface area contributed by atoms with E-state index >= 15 is 0 Å². The van der Waals surface area contributed by atoms with Gasteiger partial charge in [-0.05, 0) is 84.1 Å². The summed E-state index contributed by atoms with van der Waals surface area (Å²) in [6.07, 6.45) is 2.01. The van der Waals surface area contributed by atoms with Crippen LogP contribution in [0.5, 0.6) is 11.5 Å². The zero-order valence-electron chi connectivity index (χ0n) is 35.8. The Morgan fingerprint density at radius 3 is 1.82 bits per heavy atom. The first kappa shape index (κ1) is 64.0. The molecule has 0 fully saturated rings. The molecule has 0 aliphatic heterocycles. The minimum absolute atomic E-state index is 0. The predicted octanol–water partition coefficient (Wildman–Crippen LogP) is -7.85. The van der Waals surface area contributed by atoms with Crippen LogP contribution in [0, 0.1) is 6.92 Å². The zero-order valence-corrected chi connectivity index (χ0v) is 48.7. The Morgan fingerprint density at radius 2 is 1.26 bits per heavy atom. The number of nitrogens with zero attached hydrogens (tertiary/aromatic N) is 2. The third-order valence-corrected chi connectivity index (χ3v) is 12.5. The minimum atomic E-state index is -5.23. The van der Waals surface area contributed by atoms with Gasteiger partial charge in [0.25, 0.3) is 40.5 Å². The fraction of sp³-hybridized carbons (Fsp3) is 0.0571. The molecule has 0 atom stereocenters. The number of ether oxygens (including phenoxy) is 1. The number of Topliss-reactive ketones (excluding diaryl/α,β-unsaturated/α-hetero) is 2. The summed E-state index contributed by atoms with van der Waals surface area (Å²) >= 11 is 5.74. The first-order valence-corrected chi connectivity index (χ1v) is 23.0. The molecule has 341 valence electrons. The number of anilines is 4. The fourth-order valence-corrected chi connectivity index (χ4v) is 8.47. The number of aromatic hydroxyl groups is 1. The van der Waals surface area contributed by atoms with Crippen LogP contribution >= 0.6 is 11.6 Å². The van der Waals surface area contributed by atoms with Crippen molar-refractivity contribution in [3.05, 3.63) is 98.3 Å². The molecule has 1 radical (unpaired) electrons. The number of halogens is 1. The third-order valence-electron chi connectivity index (χ3n) is 8.82. The van der Waals surface area contributed by atoms with Crippen LogP contribution < -0.4 is 144 Å². The molecular weight excluding hydrogens is 1100 g/mol. The first-order valence-electron chi connectivity index (χ1n) is 16.8. The maximum absolute atomic E-state index is 13.4. The summed E-state index contributed by atoms with van der Waals surface area (Å²) in [5, 5.41) is 21.6. The number of hydrogen-bond donors (Lipinski definition) is 9. The summed E-state index contributed by atoms with van der Waals surface area (Å²) in [5.41, 5.74) is 3.87. The van der Waals surface area contributed by atoms with Crippen molar-refractivity contribution < 1.29 is 211 Å². The van der Waals surface area contributed by atoms with E-state index in [-0.39, 0.29) is 186 Å². The monoisotopic (exact) mass is 1120 g/mol. The van der Waals surface area contributed by atoms with E-state index in [9.17, 15) is 71.4 Å². The molecule has 9 N–H and O–H groups in total. The largest absolute Gasteiger partial charge is 1.00 e. The number of nitrogens with one attached hydrogen (secondary N) is 4. The van der Waals surface area contributed by atoms with Gasteiger partial charge in [-0.2, -0.15) is 33.7 Å². The van der Waals surface area contributed by atoms with Gasteiger partial charge in [0.1, 0.15) is 22.1 Å². The number of carbonyl (C=O) groups is 3. The summed E-state index contributed by atoms with van der Waals surface area (Å²) in [5.74, 6) is -2.87. The first-order chi connectivity index (χ1) is 29.1. The molecule has 0 spiro atoms. The molecular formula is C35H27ClCuN6Na4O17S4+4. The number of methoxy groups -OCH3 is 1. The van der Waals surface area contributed by atoms with Gasteiger partial charge in [0.05, 0.1) is 43.9 Å². The van der Waals surface area contributed by atoms with Gasteiger partial charge in [0.2, 0.25) is 11.6 Å². The van der Waals surface area contributed by atoms with Gasteiger partial charge >= 0.3 is 124 Å². The van der Waals surface area contributed by atoms with E-state index in [2.05, 4.69) is 31.7 Å². The smallest absolute Gasteiger partial charge is 0.507 e. The Morgan fingerprint density at radius 1 is 0.676 bits per heavy atom. The average molecular weight is 1120 g/mol. The van der Waals surface area contributed by atoms with Crippen LogP contribution in [0.1, 0.15) is 21.5 Å². The number of hydrogen-bond acceptors (Lipinski definition) is 17. The van der Waals surface area contributed by atoms with Crippen molar-refractivity contribution in [2.24, 2.45) is 10.2 Å². The van der Waals surface area contributed by atoms with Crippen molar-refractivity contribution >= 4 is 121 Å². The number of fused-ring (bicyclic) bond motifs is 2. The molecule has 33 heteroatoms. The summed E-state index contributed by atoms with van der Waals surface area (Å²) in [6.45, 7) is 1.57. The van der Waals surface area contributed by atoms with E-state index in [0.717, 1.165) is 36.4 Å². The van der Waals surface area contributed by atoms with Gasteiger partial charge in [-0.15, -0.1) is 10.2 Å². The van der Waals surface area contributed by atoms with Crippen LogP contribution in [0.25, 0.3) is 16.8 Å². The summed E-state index contributed by atoms with van der Waals surface area (Å²) < 4.78 is 139. The average Bonchev–Trinajstić information content (AvgIpc) is 3.16. The van der Waals surface area contributed by atoms with E-state index in [4.69, 9.17) is 16.3 Å². The molecule has 2 aliphatic rings. The molecule has 4 aromatic carbocycles. The number of urea groups is 1. The van der Waals surface area contributed by atoms with Crippen LogP contribution in [0.2, 0.25) is 0 Å². The van der Waals surface area contributed by atoms with Gasteiger partial charge in [-0.3, -0.25) is 27.8 Å². The molecule has 0 bridgehead atoms. The Hall–Kier alpha value is -2.04. The van der Waals surface area contributed by atoms with Crippen molar-refractivity contribution in [1.29, 1.82) is 0 Å². The minimum Gasteiger partial charge on any atom is -0.507 e.